The summed E-state index contributed by atoms with van der Waals surface area (Å²) in [5, 5.41) is 17.9. The number of nitrogens with zero attached hydrogens (tertiary/aromatic N) is 4. The van der Waals surface area contributed by atoms with Crippen LogP contribution in [0.15, 0.2) is 34.5 Å². The minimum atomic E-state index is -0.609. The fraction of sp³-hybridized carbons (Fsp3) is 0.286. The van der Waals surface area contributed by atoms with Crippen molar-refractivity contribution in [3.05, 3.63) is 29.5 Å². The van der Waals surface area contributed by atoms with E-state index < -0.39 is 5.97 Å². The number of fused-ring (bicyclic) bond motifs is 1. The zero-order chi connectivity index (χ0) is 15.4. The number of aliphatic imine (C=N–C) groups is 1. The number of aryl methyl sites for hydroxylation is 1. The summed E-state index contributed by atoms with van der Waals surface area (Å²) in [6.07, 6.45) is 1.28. The summed E-state index contributed by atoms with van der Waals surface area (Å²) in [4.78, 5) is 17.3. The second-order valence-corrected chi connectivity index (χ2v) is 4.34. The minimum Gasteiger partial charge on any atom is -0.512 e. The second kappa shape index (κ2) is 6.17. The molecule has 7 nitrogen and oxygen atoms in total. The average Bonchev–Trinajstić information content (AvgIpc) is 2.78. The van der Waals surface area contributed by atoms with Crippen LogP contribution < -0.4 is 0 Å². The maximum atomic E-state index is 11.7. The van der Waals surface area contributed by atoms with Crippen molar-refractivity contribution >= 4 is 28.9 Å². The molecule has 7 heteroatoms. The Kier molecular flexibility index (Phi) is 4.32. The van der Waals surface area contributed by atoms with Gasteiger partial charge in [0.2, 0.25) is 0 Å². The Balaban J connectivity index is 2.28. The average molecular weight is 288 g/mol. The summed E-state index contributed by atoms with van der Waals surface area (Å²) in [5.41, 5.74) is 2.09. The number of benzene rings is 1. The molecule has 0 atom stereocenters. The Morgan fingerprint density at radius 1 is 1.43 bits per heavy atom. The molecule has 0 bridgehead atoms. The van der Waals surface area contributed by atoms with Crippen LogP contribution in [-0.4, -0.2) is 38.9 Å². The van der Waals surface area contributed by atoms with E-state index in [2.05, 4.69) is 15.2 Å². The highest BCUT2D eigenvalue weighted by molar-refractivity contribution is 6.10. The minimum absolute atomic E-state index is 0.0242. The molecule has 110 valence electrons. The van der Waals surface area contributed by atoms with Gasteiger partial charge in [0, 0.05) is 13.3 Å². The molecule has 0 aliphatic carbocycles. The fourth-order valence-electron chi connectivity index (χ4n) is 1.73. The number of hydrogen-bond donors (Lipinski definition) is 1. The van der Waals surface area contributed by atoms with Gasteiger partial charge in [-0.1, -0.05) is 0 Å². The van der Waals surface area contributed by atoms with Crippen LogP contribution in [0, 0.1) is 0 Å². The van der Waals surface area contributed by atoms with Crippen molar-refractivity contribution in [3.8, 4) is 0 Å². The third-order valence-corrected chi connectivity index (χ3v) is 2.69. The second-order valence-electron chi connectivity index (χ2n) is 4.34. The number of ether oxygens (including phenoxy) is 1. The van der Waals surface area contributed by atoms with Crippen LogP contribution in [0.3, 0.4) is 0 Å². The number of aliphatic hydroxyl groups excluding tert-OH is 1. The van der Waals surface area contributed by atoms with Crippen LogP contribution in [0.1, 0.15) is 13.8 Å². The first-order valence-electron chi connectivity index (χ1n) is 6.43. The largest absolute Gasteiger partial charge is 0.512 e. The first kappa shape index (κ1) is 14.7. The van der Waals surface area contributed by atoms with Crippen molar-refractivity contribution in [1.29, 1.82) is 0 Å². The van der Waals surface area contributed by atoms with E-state index in [9.17, 15) is 9.90 Å². The van der Waals surface area contributed by atoms with Crippen molar-refractivity contribution in [3.63, 3.8) is 0 Å². The number of aromatic nitrogens is 3. The Bertz CT molecular complexity index is 727. The van der Waals surface area contributed by atoms with Gasteiger partial charge in [0.15, 0.2) is 0 Å². The molecule has 0 saturated heterocycles. The zero-order valence-electron chi connectivity index (χ0n) is 12.1. The Hall–Kier alpha value is -2.70. The molecule has 0 radical (unpaired) electrons. The molecule has 1 aromatic carbocycles. The lowest BCUT2D eigenvalue weighted by molar-refractivity contribution is -0.138. The van der Waals surface area contributed by atoms with Gasteiger partial charge < -0.3 is 9.84 Å². The molecule has 0 saturated carbocycles. The van der Waals surface area contributed by atoms with Crippen LogP contribution in [0.25, 0.3) is 11.0 Å². The third-order valence-electron chi connectivity index (χ3n) is 2.69. The van der Waals surface area contributed by atoms with E-state index in [1.165, 1.54) is 17.9 Å². The summed E-state index contributed by atoms with van der Waals surface area (Å²) in [5.74, 6) is -0.750. The first-order valence-corrected chi connectivity index (χ1v) is 6.43. The third kappa shape index (κ3) is 3.44. The molecule has 1 aromatic heterocycles. The Morgan fingerprint density at radius 3 is 2.81 bits per heavy atom. The number of aliphatic hydroxyl groups is 1. The summed E-state index contributed by atoms with van der Waals surface area (Å²) in [6.45, 7) is 3.33. The molecule has 0 unspecified atom stereocenters. The predicted octanol–water partition coefficient (Wildman–Crippen LogP) is 2.07. The Labute approximate surface area is 121 Å². The van der Waals surface area contributed by atoms with E-state index in [-0.39, 0.29) is 17.9 Å². The highest BCUT2D eigenvalue weighted by Gasteiger charge is 2.11. The molecule has 0 amide bonds. The smallest absolute Gasteiger partial charge is 0.343 e. The van der Waals surface area contributed by atoms with Crippen molar-refractivity contribution in [1.82, 2.24) is 15.0 Å². The molecule has 0 aliphatic rings. The molecule has 0 aliphatic heterocycles. The van der Waals surface area contributed by atoms with Crippen LogP contribution in [0.2, 0.25) is 0 Å². The number of esters is 1. The van der Waals surface area contributed by atoms with Crippen LogP contribution in [0.5, 0.6) is 0 Å². The molecule has 1 heterocycles. The van der Waals surface area contributed by atoms with Gasteiger partial charge in [0.25, 0.3) is 0 Å². The lowest BCUT2D eigenvalue weighted by atomic mass is 10.2. The van der Waals surface area contributed by atoms with Gasteiger partial charge in [-0.05, 0) is 32.0 Å². The number of carbonyl (C=O) groups is 1. The number of allylic oxidation sites excluding steroid dienone is 1. The van der Waals surface area contributed by atoms with Crippen LogP contribution >= 0.6 is 0 Å². The summed E-state index contributed by atoms with van der Waals surface area (Å²) >= 11 is 0. The quantitative estimate of drug-likeness (QED) is 0.402. The van der Waals surface area contributed by atoms with Gasteiger partial charge >= 0.3 is 5.97 Å². The zero-order valence-corrected chi connectivity index (χ0v) is 12.1. The van der Waals surface area contributed by atoms with Gasteiger partial charge in [0.05, 0.1) is 12.3 Å². The van der Waals surface area contributed by atoms with Gasteiger partial charge in [-0.25, -0.2) is 4.79 Å². The summed E-state index contributed by atoms with van der Waals surface area (Å²) in [7, 11) is 1.74. The Morgan fingerprint density at radius 2 is 2.14 bits per heavy atom. The van der Waals surface area contributed by atoms with E-state index in [4.69, 9.17) is 4.74 Å². The van der Waals surface area contributed by atoms with Crippen LogP contribution in [0.4, 0.5) is 5.69 Å². The van der Waals surface area contributed by atoms with Gasteiger partial charge in [-0.2, -0.15) is 15.0 Å². The standard InChI is InChI=1S/C14H16N4O3/c1-4-21-14(20)11(9(2)19)8-15-10-5-6-12-13(7-10)17-18(3)16-12/h5-8,19H,4H2,1-3H3/b11-9-,15-8?. The predicted molar refractivity (Wildman–Crippen MR) is 78.6 cm³/mol. The number of hydrogen-bond acceptors (Lipinski definition) is 6. The maximum absolute atomic E-state index is 11.7. The molecule has 1 N–H and O–H groups in total. The first-order chi connectivity index (χ1) is 10.0. The molecule has 0 fully saturated rings. The summed E-state index contributed by atoms with van der Waals surface area (Å²) < 4.78 is 4.85. The number of rotatable bonds is 4. The highest BCUT2D eigenvalue weighted by atomic mass is 16.5. The van der Waals surface area contributed by atoms with E-state index in [1.54, 1.807) is 32.2 Å². The van der Waals surface area contributed by atoms with Gasteiger partial charge in [-0.3, -0.25) is 4.99 Å². The topological polar surface area (TPSA) is 89.6 Å². The van der Waals surface area contributed by atoms with Crippen molar-refractivity contribution in [2.45, 2.75) is 13.8 Å². The van der Waals surface area contributed by atoms with Crippen molar-refractivity contribution in [2.75, 3.05) is 6.61 Å². The van der Waals surface area contributed by atoms with Crippen LogP contribution in [-0.2, 0) is 16.6 Å². The van der Waals surface area contributed by atoms with E-state index in [0.717, 1.165) is 5.52 Å². The molecule has 2 rings (SSSR count). The van der Waals surface area contributed by atoms with E-state index in [0.29, 0.717) is 11.2 Å². The lowest BCUT2D eigenvalue weighted by Crippen LogP contribution is -2.10. The van der Waals surface area contributed by atoms with E-state index >= 15 is 0 Å². The van der Waals surface area contributed by atoms with Crippen molar-refractivity contribution < 1.29 is 14.6 Å². The number of carbonyl (C=O) groups excluding carboxylic acids is 1. The van der Waals surface area contributed by atoms with E-state index in [1.807, 2.05) is 0 Å². The monoisotopic (exact) mass is 288 g/mol. The molecule has 0 spiro atoms. The van der Waals surface area contributed by atoms with Gasteiger partial charge in [0.1, 0.15) is 22.4 Å². The maximum Gasteiger partial charge on any atom is 0.343 e. The SMILES string of the molecule is CCOC(=O)/C(C=Nc1ccc2nn(C)nc2c1)=C(/C)O. The summed E-state index contributed by atoms with van der Waals surface area (Å²) in [6, 6.07) is 5.28. The lowest BCUT2D eigenvalue weighted by Gasteiger charge is -2.03. The van der Waals surface area contributed by atoms with Crippen molar-refractivity contribution in [2.24, 2.45) is 12.0 Å². The normalized spacial score (nSPS) is 12.7. The fourth-order valence-corrected chi connectivity index (χ4v) is 1.73. The molecule has 21 heavy (non-hydrogen) atoms. The molecular weight excluding hydrogens is 272 g/mol. The molecular formula is C14H16N4O3. The van der Waals surface area contributed by atoms with Gasteiger partial charge in [-0.15, -0.1) is 0 Å². The molecule has 2 aromatic rings. The highest BCUT2D eigenvalue weighted by Crippen LogP contribution is 2.18.